The van der Waals surface area contributed by atoms with E-state index in [-0.39, 0.29) is 6.42 Å². The van der Waals surface area contributed by atoms with Crippen molar-refractivity contribution in [2.24, 2.45) is 10.9 Å². The van der Waals surface area contributed by atoms with Crippen LogP contribution in [0.2, 0.25) is 0 Å². The number of primary amides is 1. The zero-order valence-corrected chi connectivity index (χ0v) is 10.8. The Kier molecular flexibility index (Phi) is 4.34. The van der Waals surface area contributed by atoms with Gasteiger partial charge in [0, 0.05) is 11.8 Å². The number of oxime groups is 1. The zero-order chi connectivity index (χ0) is 14.4. The molecule has 0 saturated heterocycles. The molecule has 0 fully saturated rings. The molecule has 0 aliphatic heterocycles. The lowest BCUT2D eigenvalue weighted by molar-refractivity contribution is -0.116. The van der Waals surface area contributed by atoms with Crippen LogP contribution >= 0.6 is 0 Å². The Balaban J connectivity index is 2.22. The van der Waals surface area contributed by atoms with Gasteiger partial charge in [0.15, 0.2) is 5.75 Å². The first-order chi connectivity index (χ1) is 9.65. The van der Waals surface area contributed by atoms with Crippen LogP contribution in [0.5, 0.6) is 5.75 Å². The normalized spacial score (nSPS) is 11.1. The number of amides is 1. The number of nitrogens with zero attached hydrogens (tertiary/aromatic N) is 1. The third-order valence-corrected chi connectivity index (χ3v) is 2.57. The van der Waals surface area contributed by atoms with Crippen molar-refractivity contribution < 1.29 is 9.63 Å². The largest absolute Gasteiger partial charge is 0.399 e. The highest BCUT2D eigenvalue weighted by Crippen LogP contribution is 2.15. The number of carbonyl (C=O) groups excluding carboxylic acids is 1. The van der Waals surface area contributed by atoms with Gasteiger partial charge in [-0.05, 0) is 17.7 Å². The molecule has 1 amide bonds. The number of anilines is 1. The van der Waals surface area contributed by atoms with Gasteiger partial charge in [-0.3, -0.25) is 4.79 Å². The second-order valence-corrected chi connectivity index (χ2v) is 4.21. The maximum Gasteiger partial charge on any atom is 0.223 e. The van der Waals surface area contributed by atoms with E-state index in [1.54, 1.807) is 24.3 Å². The number of hydrogen-bond donors (Lipinski definition) is 2. The van der Waals surface area contributed by atoms with E-state index in [0.717, 1.165) is 5.56 Å². The topological polar surface area (TPSA) is 90.7 Å². The van der Waals surface area contributed by atoms with Gasteiger partial charge in [-0.25, -0.2) is 0 Å². The molecule has 4 N–H and O–H groups in total. The number of nitrogen functional groups attached to an aromatic ring is 1. The molecule has 0 aliphatic carbocycles. The van der Waals surface area contributed by atoms with Gasteiger partial charge in [-0.1, -0.05) is 41.6 Å². The number of rotatable bonds is 5. The maximum atomic E-state index is 11.1. The minimum absolute atomic E-state index is 0.00628. The molecular formula is C15H15N3O2. The Labute approximate surface area is 116 Å². The highest BCUT2D eigenvalue weighted by molar-refractivity contribution is 6.09. The van der Waals surface area contributed by atoms with E-state index in [1.807, 2.05) is 30.3 Å². The van der Waals surface area contributed by atoms with Crippen LogP contribution in [0.15, 0.2) is 59.8 Å². The number of carbonyl (C=O) groups is 1. The van der Waals surface area contributed by atoms with Crippen LogP contribution in [0, 0.1) is 0 Å². The van der Waals surface area contributed by atoms with E-state index >= 15 is 0 Å². The molecule has 0 aromatic heterocycles. The van der Waals surface area contributed by atoms with Crippen LogP contribution in [0.1, 0.15) is 12.0 Å². The van der Waals surface area contributed by atoms with Crippen LogP contribution in [-0.2, 0) is 4.79 Å². The fourth-order valence-corrected chi connectivity index (χ4v) is 1.66. The fourth-order valence-electron chi connectivity index (χ4n) is 1.66. The molecule has 2 rings (SSSR count). The van der Waals surface area contributed by atoms with Gasteiger partial charge >= 0.3 is 0 Å². The third kappa shape index (κ3) is 3.84. The van der Waals surface area contributed by atoms with Crippen LogP contribution in [-0.4, -0.2) is 11.6 Å². The van der Waals surface area contributed by atoms with Crippen molar-refractivity contribution >= 4 is 17.3 Å². The smallest absolute Gasteiger partial charge is 0.223 e. The molecule has 0 unspecified atom stereocenters. The van der Waals surface area contributed by atoms with Crippen molar-refractivity contribution in [3.63, 3.8) is 0 Å². The summed E-state index contributed by atoms with van der Waals surface area (Å²) in [6.07, 6.45) is 0.00628. The Hall–Kier alpha value is -2.82. The molecule has 20 heavy (non-hydrogen) atoms. The molecule has 102 valence electrons. The summed E-state index contributed by atoms with van der Waals surface area (Å²) < 4.78 is 0. The predicted molar refractivity (Wildman–Crippen MR) is 78.3 cm³/mol. The van der Waals surface area contributed by atoms with Gasteiger partial charge < -0.3 is 16.3 Å². The van der Waals surface area contributed by atoms with Crippen LogP contribution in [0.4, 0.5) is 5.69 Å². The van der Waals surface area contributed by atoms with E-state index in [9.17, 15) is 4.79 Å². The van der Waals surface area contributed by atoms with Crippen molar-refractivity contribution in [2.45, 2.75) is 6.42 Å². The van der Waals surface area contributed by atoms with Crippen molar-refractivity contribution in [1.82, 2.24) is 0 Å². The summed E-state index contributed by atoms with van der Waals surface area (Å²) in [5.41, 5.74) is 12.7. The summed E-state index contributed by atoms with van der Waals surface area (Å²) in [6, 6.07) is 16.1. The highest BCUT2D eigenvalue weighted by Gasteiger charge is 2.08. The van der Waals surface area contributed by atoms with Gasteiger partial charge in [0.2, 0.25) is 5.91 Å². The minimum Gasteiger partial charge on any atom is -0.399 e. The molecule has 2 aromatic rings. The Bertz CT molecular complexity index is 624. The quantitative estimate of drug-likeness (QED) is 0.493. The number of nitrogens with two attached hydrogens (primary N) is 2. The predicted octanol–water partition coefficient (Wildman–Crippen LogP) is 1.93. The van der Waals surface area contributed by atoms with Crippen molar-refractivity contribution in [3.05, 3.63) is 60.2 Å². The van der Waals surface area contributed by atoms with Crippen LogP contribution < -0.4 is 16.3 Å². The average molecular weight is 269 g/mol. The lowest BCUT2D eigenvalue weighted by atomic mass is 10.1. The summed E-state index contributed by atoms with van der Waals surface area (Å²) in [7, 11) is 0. The van der Waals surface area contributed by atoms with Crippen molar-refractivity contribution in [3.8, 4) is 5.75 Å². The van der Waals surface area contributed by atoms with Gasteiger partial charge in [0.1, 0.15) is 0 Å². The number of hydrogen-bond acceptors (Lipinski definition) is 4. The molecular weight excluding hydrogens is 254 g/mol. The molecule has 5 nitrogen and oxygen atoms in total. The fraction of sp³-hybridized carbons (Fsp3) is 0.0667. The molecule has 0 saturated carbocycles. The monoisotopic (exact) mass is 269 g/mol. The van der Waals surface area contributed by atoms with Crippen molar-refractivity contribution in [2.75, 3.05) is 5.73 Å². The van der Waals surface area contributed by atoms with Crippen LogP contribution in [0.3, 0.4) is 0 Å². The lowest BCUT2D eigenvalue weighted by Gasteiger charge is -2.05. The van der Waals surface area contributed by atoms with Gasteiger partial charge in [-0.2, -0.15) is 0 Å². The molecule has 5 heteroatoms. The van der Waals surface area contributed by atoms with E-state index in [1.165, 1.54) is 0 Å². The summed E-state index contributed by atoms with van der Waals surface area (Å²) in [5.74, 6) is 0.0340. The van der Waals surface area contributed by atoms with Crippen molar-refractivity contribution in [1.29, 1.82) is 0 Å². The highest BCUT2D eigenvalue weighted by atomic mass is 16.6. The molecule has 0 heterocycles. The summed E-state index contributed by atoms with van der Waals surface area (Å²) in [4.78, 5) is 16.4. The summed E-state index contributed by atoms with van der Waals surface area (Å²) >= 11 is 0. The third-order valence-electron chi connectivity index (χ3n) is 2.57. The zero-order valence-electron chi connectivity index (χ0n) is 10.8. The second kappa shape index (κ2) is 6.38. The minimum atomic E-state index is -0.469. The maximum absolute atomic E-state index is 11.1. The summed E-state index contributed by atoms with van der Waals surface area (Å²) in [6.45, 7) is 0. The van der Waals surface area contributed by atoms with E-state index in [4.69, 9.17) is 16.3 Å². The van der Waals surface area contributed by atoms with Gasteiger partial charge in [0.05, 0.1) is 12.1 Å². The first-order valence-electron chi connectivity index (χ1n) is 6.08. The first-order valence-corrected chi connectivity index (χ1v) is 6.08. The van der Waals surface area contributed by atoms with Crippen LogP contribution in [0.25, 0.3) is 0 Å². The molecule has 0 spiro atoms. The molecule has 0 aliphatic rings. The Morgan fingerprint density at radius 1 is 1.10 bits per heavy atom. The van der Waals surface area contributed by atoms with E-state index < -0.39 is 5.91 Å². The molecule has 0 atom stereocenters. The molecule has 2 aromatic carbocycles. The SMILES string of the molecule is NC(=O)C/C(=N\Oc1cccc(N)c1)c1ccccc1. The van der Waals surface area contributed by atoms with Gasteiger partial charge in [0.25, 0.3) is 0 Å². The molecule has 0 radical (unpaired) electrons. The Morgan fingerprint density at radius 2 is 1.85 bits per heavy atom. The van der Waals surface area contributed by atoms with E-state index in [0.29, 0.717) is 17.1 Å². The average Bonchev–Trinajstić information content (AvgIpc) is 2.44. The van der Waals surface area contributed by atoms with Gasteiger partial charge in [-0.15, -0.1) is 0 Å². The second-order valence-electron chi connectivity index (χ2n) is 4.21. The molecule has 0 bridgehead atoms. The number of benzene rings is 2. The van der Waals surface area contributed by atoms with E-state index in [2.05, 4.69) is 5.16 Å². The first kappa shape index (κ1) is 13.6. The standard InChI is InChI=1S/C15H15N3O2/c16-12-7-4-8-13(9-12)20-18-14(10-15(17)19)11-5-2-1-3-6-11/h1-9H,10,16H2,(H2,17,19)/b18-14+. The summed E-state index contributed by atoms with van der Waals surface area (Å²) in [5, 5.41) is 4.01. The lowest BCUT2D eigenvalue weighted by Crippen LogP contribution is -2.17. The Morgan fingerprint density at radius 3 is 2.50 bits per heavy atom.